The molecule has 2 aromatic carbocycles. The molecule has 1 aromatic heterocycles. The maximum absolute atomic E-state index is 14.0. The van der Waals surface area contributed by atoms with Crippen molar-refractivity contribution in [1.29, 1.82) is 0 Å². The molecular formula is C16H15BrFN3. The molecule has 0 aliphatic rings. The minimum atomic E-state index is -0.306. The number of hydrogen-bond acceptors (Lipinski definition) is 2. The van der Waals surface area contributed by atoms with Crippen LogP contribution in [0, 0.1) is 5.82 Å². The highest BCUT2D eigenvalue weighted by Crippen LogP contribution is 2.31. The fourth-order valence-corrected chi connectivity index (χ4v) is 2.88. The average Bonchev–Trinajstić information content (AvgIpc) is 2.80. The minimum Gasteiger partial charge on any atom is -0.398 e. The van der Waals surface area contributed by atoms with E-state index in [2.05, 4.69) is 27.8 Å². The summed E-state index contributed by atoms with van der Waals surface area (Å²) >= 11 is 3.40. The lowest BCUT2D eigenvalue weighted by molar-refractivity contribution is 0.637. The van der Waals surface area contributed by atoms with E-state index in [1.165, 1.54) is 6.07 Å². The summed E-state index contributed by atoms with van der Waals surface area (Å²) in [7, 11) is 0. The highest BCUT2D eigenvalue weighted by atomic mass is 79.9. The quantitative estimate of drug-likeness (QED) is 0.703. The third kappa shape index (κ3) is 2.42. The molecule has 108 valence electrons. The second kappa shape index (κ2) is 5.48. The van der Waals surface area contributed by atoms with Crippen LogP contribution in [0.2, 0.25) is 0 Å². The Balaban J connectivity index is 2.30. The standard InChI is InChI=1S/C16H15BrFN3/c1-2-8-21-14-5-3-4-12(18)15(14)20-16(21)11-7-6-10(17)9-13(11)19/h3-7,9H,2,8,19H2,1H3. The second-order valence-electron chi connectivity index (χ2n) is 4.93. The van der Waals surface area contributed by atoms with E-state index < -0.39 is 0 Å². The summed E-state index contributed by atoms with van der Waals surface area (Å²) in [6.07, 6.45) is 0.936. The Labute approximate surface area is 130 Å². The fourth-order valence-electron chi connectivity index (χ4n) is 2.51. The predicted octanol–water partition coefficient (Wildman–Crippen LogP) is 4.60. The maximum atomic E-state index is 14.0. The molecular weight excluding hydrogens is 333 g/mol. The molecule has 1 heterocycles. The summed E-state index contributed by atoms with van der Waals surface area (Å²) in [4.78, 5) is 4.48. The molecule has 3 rings (SSSR count). The van der Waals surface area contributed by atoms with Crippen molar-refractivity contribution in [3.63, 3.8) is 0 Å². The van der Waals surface area contributed by atoms with Gasteiger partial charge in [0.1, 0.15) is 11.3 Å². The maximum Gasteiger partial charge on any atom is 0.151 e. The van der Waals surface area contributed by atoms with E-state index >= 15 is 0 Å². The molecule has 3 aromatic rings. The zero-order valence-corrected chi connectivity index (χ0v) is 13.2. The van der Waals surface area contributed by atoms with Gasteiger partial charge in [-0.1, -0.05) is 28.9 Å². The van der Waals surface area contributed by atoms with E-state index in [-0.39, 0.29) is 5.82 Å². The first-order valence-electron chi connectivity index (χ1n) is 6.82. The Kier molecular flexibility index (Phi) is 3.68. The monoisotopic (exact) mass is 347 g/mol. The largest absolute Gasteiger partial charge is 0.398 e. The zero-order valence-electron chi connectivity index (χ0n) is 11.6. The first-order chi connectivity index (χ1) is 10.1. The third-order valence-electron chi connectivity index (χ3n) is 3.43. The van der Waals surface area contributed by atoms with Crippen molar-refractivity contribution in [1.82, 2.24) is 9.55 Å². The molecule has 0 fully saturated rings. The van der Waals surface area contributed by atoms with E-state index in [0.717, 1.165) is 28.5 Å². The van der Waals surface area contributed by atoms with Crippen LogP contribution in [0.1, 0.15) is 13.3 Å². The summed E-state index contributed by atoms with van der Waals surface area (Å²) in [6, 6.07) is 10.7. The highest BCUT2D eigenvalue weighted by molar-refractivity contribution is 9.10. The highest BCUT2D eigenvalue weighted by Gasteiger charge is 2.16. The summed E-state index contributed by atoms with van der Waals surface area (Å²) in [6.45, 7) is 2.85. The molecule has 0 aliphatic carbocycles. The minimum absolute atomic E-state index is 0.306. The van der Waals surface area contributed by atoms with Crippen LogP contribution in [0.5, 0.6) is 0 Å². The van der Waals surface area contributed by atoms with E-state index in [0.29, 0.717) is 17.0 Å². The van der Waals surface area contributed by atoms with Crippen molar-refractivity contribution in [2.24, 2.45) is 0 Å². The number of para-hydroxylation sites is 1. The van der Waals surface area contributed by atoms with Crippen LogP contribution in [0.4, 0.5) is 10.1 Å². The summed E-state index contributed by atoms with van der Waals surface area (Å²) in [5.74, 6) is 0.404. The number of benzene rings is 2. The topological polar surface area (TPSA) is 43.8 Å². The molecule has 5 heteroatoms. The average molecular weight is 348 g/mol. The number of fused-ring (bicyclic) bond motifs is 1. The Morgan fingerprint density at radius 3 is 2.81 bits per heavy atom. The zero-order chi connectivity index (χ0) is 15.0. The van der Waals surface area contributed by atoms with Gasteiger partial charge in [-0.15, -0.1) is 0 Å². The molecule has 2 N–H and O–H groups in total. The van der Waals surface area contributed by atoms with Crippen molar-refractivity contribution in [2.75, 3.05) is 5.73 Å². The van der Waals surface area contributed by atoms with Gasteiger partial charge in [0.25, 0.3) is 0 Å². The van der Waals surface area contributed by atoms with Gasteiger partial charge in [0, 0.05) is 22.3 Å². The third-order valence-corrected chi connectivity index (χ3v) is 3.92. The van der Waals surface area contributed by atoms with Gasteiger partial charge in [-0.25, -0.2) is 9.37 Å². The van der Waals surface area contributed by atoms with Crippen LogP contribution in [0.25, 0.3) is 22.4 Å². The number of nitrogen functional groups attached to an aromatic ring is 1. The van der Waals surface area contributed by atoms with Crippen molar-refractivity contribution in [3.05, 3.63) is 46.7 Å². The van der Waals surface area contributed by atoms with Crippen LogP contribution >= 0.6 is 15.9 Å². The lowest BCUT2D eigenvalue weighted by Crippen LogP contribution is -2.01. The van der Waals surface area contributed by atoms with Crippen LogP contribution in [-0.4, -0.2) is 9.55 Å². The SMILES string of the molecule is CCCn1c(-c2ccc(Br)cc2N)nc2c(F)cccc21. The van der Waals surface area contributed by atoms with Crippen molar-refractivity contribution in [3.8, 4) is 11.4 Å². The molecule has 0 unspecified atom stereocenters. The van der Waals surface area contributed by atoms with Gasteiger partial charge in [0.2, 0.25) is 0 Å². The molecule has 0 saturated heterocycles. The number of nitrogens with zero attached hydrogens (tertiary/aromatic N) is 2. The van der Waals surface area contributed by atoms with Crippen LogP contribution in [-0.2, 0) is 6.54 Å². The van der Waals surface area contributed by atoms with Crippen LogP contribution in [0.3, 0.4) is 0 Å². The van der Waals surface area contributed by atoms with Crippen LogP contribution in [0.15, 0.2) is 40.9 Å². The number of rotatable bonds is 3. The van der Waals surface area contributed by atoms with Gasteiger partial charge in [0.05, 0.1) is 5.52 Å². The first kappa shape index (κ1) is 14.1. The molecule has 0 bridgehead atoms. The fraction of sp³-hybridized carbons (Fsp3) is 0.188. The van der Waals surface area contributed by atoms with E-state index in [9.17, 15) is 4.39 Å². The smallest absolute Gasteiger partial charge is 0.151 e. The van der Waals surface area contributed by atoms with Gasteiger partial charge in [-0.2, -0.15) is 0 Å². The molecule has 0 atom stereocenters. The molecule has 0 amide bonds. The normalized spacial score (nSPS) is 11.2. The Morgan fingerprint density at radius 1 is 1.29 bits per heavy atom. The van der Waals surface area contributed by atoms with Gasteiger partial charge < -0.3 is 10.3 Å². The van der Waals surface area contributed by atoms with E-state index in [1.54, 1.807) is 6.07 Å². The first-order valence-corrected chi connectivity index (χ1v) is 7.61. The summed E-state index contributed by atoms with van der Waals surface area (Å²) in [5.41, 5.74) is 8.74. The summed E-state index contributed by atoms with van der Waals surface area (Å²) in [5, 5.41) is 0. The van der Waals surface area contributed by atoms with Gasteiger partial charge in [-0.05, 0) is 36.8 Å². The number of imidazole rings is 1. The Bertz CT molecular complexity index is 811. The lowest BCUT2D eigenvalue weighted by atomic mass is 10.1. The lowest BCUT2D eigenvalue weighted by Gasteiger charge is -2.10. The van der Waals surface area contributed by atoms with Gasteiger partial charge >= 0.3 is 0 Å². The molecule has 0 aliphatic heterocycles. The number of halogens is 2. The summed E-state index contributed by atoms with van der Waals surface area (Å²) < 4.78 is 16.9. The van der Waals surface area contributed by atoms with E-state index in [4.69, 9.17) is 5.73 Å². The second-order valence-corrected chi connectivity index (χ2v) is 5.84. The Morgan fingerprint density at radius 2 is 2.10 bits per heavy atom. The number of aryl methyl sites for hydroxylation is 1. The molecule has 21 heavy (non-hydrogen) atoms. The molecule has 0 radical (unpaired) electrons. The molecule has 0 saturated carbocycles. The van der Waals surface area contributed by atoms with Crippen molar-refractivity contribution in [2.45, 2.75) is 19.9 Å². The number of nitrogens with two attached hydrogens (primary N) is 1. The molecule has 0 spiro atoms. The van der Waals surface area contributed by atoms with E-state index in [1.807, 2.05) is 28.8 Å². The number of hydrogen-bond donors (Lipinski definition) is 1. The number of anilines is 1. The van der Waals surface area contributed by atoms with Gasteiger partial charge in [-0.3, -0.25) is 0 Å². The van der Waals surface area contributed by atoms with Crippen molar-refractivity contribution < 1.29 is 4.39 Å². The predicted molar refractivity (Wildman–Crippen MR) is 87.5 cm³/mol. The van der Waals surface area contributed by atoms with Crippen LogP contribution < -0.4 is 5.73 Å². The van der Waals surface area contributed by atoms with Gasteiger partial charge in [0.15, 0.2) is 5.82 Å². The van der Waals surface area contributed by atoms with Crippen molar-refractivity contribution >= 4 is 32.7 Å². The number of aromatic nitrogens is 2. The Hall–Kier alpha value is -1.88. The molecule has 3 nitrogen and oxygen atoms in total.